The summed E-state index contributed by atoms with van der Waals surface area (Å²) in [6.45, 7) is 4.97. The van der Waals surface area contributed by atoms with Crippen LogP contribution in [0.5, 0.6) is 0 Å². The molecule has 0 saturated carbocycles. The van der Waals surface area contributed by atoms with Crippen molar-refractivity contribution < 1.29 is 4.79 Å². The number of hydrogen-bond donors (Lipinski definition) is 2. The predicted molar refractivity (Wildman–Crippen MR) is 114 cm³/mol. The zero-order valence-corrected chi connectivity index (χ0v) is 16.9. The number of anilines is 2. The fourth-order valence-electron chi connectivity index (χ4n) is 2.41. The molecule has 3 rings (SSSR count). The van der Waals surface area contributed by atoms with Crippen LogP contribution in [0.25, 0.3) is 0 Å². The zero-order valence-electron chi connectivity index (χ0n) is 15.3. The molecule has 1 heterocycles. The van der Waals surface area contributed by atoms with Gasteiger partial charge in [0.05, 0.1) is 5.75 Å². The van der Waals surface area contributed by atoms with E-state index in [0.29, 0.717) is 18.2 Å². The molecule has 5 nitrogen and oxygen atoms in total. The van der Waals surface area contributed by atoms with Crippen LogP contribution in [-0.4, -0.2) is 21.9 Å². The average Bonchev–Trinajstić information content (AvgIpc) is 3.14. The van der Waals surface area contributed by atoms with Gasteiger partial charge < -0.3 is 10.6 Å². The van der Waals surface area contributed by atoms with Gasteiger partial charge in [0.1, 0.15) is 0 Å². The van der Waals surface area contributed by atoms with Crippen molar-refractivity contribution in [1.82, 2.24) is 10.2 Å². The van der Waals surface area contributed by atoms with Gasteiger partial charge in [-0.3, -0.25) is 4.79 Å². The summed E-state index contributed by atoms with van der Waals surface area (Å²) >= 11 is 2.85. The van der Waals surface area contributed by atoms with Crippen molar-refractivity contribution in [3.8, 4) is 0 Å². The first-order valence-corrected chi connectivity index (χ1v) is 10.5. The van der Waals surface area contributed by atoms with Crippen molar-refractivity contribution in [2.75, 3.05) is 16.4 Å². The highest BCUT2D eigenvalue weighted by Crippen LogP contribution is 2.26. The Bertz CT molecular complexity index is 880. The van der Waals surface area contributed by atoms with Gasteiger partial charge >= 0.3 is 0 Å². The minimum Gasteiger partial charge on any atom is -0.356 e. The number of rotatable bonds is 8. The largest absolute Gasteiger partial charge is 0.356 e. The molecule has 1 amide bonds. The normalized spacial score (nSPS) is 10.8. The van der Waals surface area contributed by atoms with Crippen LogP contribution in [0.15, 0.2) is 58.9 Å². The van der Waals surface area contributed by atoms with Crippen LogP contribution in [0, 0.1) is 0 Å². The molecule has 140 valence electrons. The number of carbonyl (C=O) groups excluding carboxylic acids is 1. The highest BCUT2D eigenvalue weighted by molar-refractivity contribution is 8.01. The second-order valence-electron chi connectivity index (χ2n) is 6.33. The van der Waals surface area contributed by atoms with Crippen molar-refractivity contribution in [1.29, 1.82) is 0 Å². The number of thioether (sulfide) groups is 1. The summed E-state index contributed by atoms with van der Waals surface area (Å²) in [5.74, 6) is 0.688. The van der Waals surface area contributed by atoms with Crippen LogP contribution in [0.3, 0.4) is 0 Å². The maximum absolute atomic E-state index is 12.2. The summed E-state index contributed by atoms with van der Waals surface area (Å²) in [5, 5.41) is 15.2. The van der Waals surface area contributed by atoms with Gasteiger partial charge in [-0.1, -0.05) is 79.4 Å². The monoisotopic (exact) mass is 398 g/mol. The van der Waals surface area contributed by atoms with Crippen molar-refractivity contribution in [3.63, 3.8) is 0 Å². The average molecular weight is 399 g/mol. The van der Waals surface area contributed by atoms with Crippen molar-refractivity contribution in [2.45, 2.75) is 30.6 Å². The van der Waals surface area contributed by atoms with Gasteiger partial charge in [-0.2, -0.15) is 0 Å². The third-order valence-electron chi connectivity index (χ3n) is 3.86. The summed E-state index contributed by atoms with van der Waals surface area (Å²) in [5.41, 5.74) is 3.22. The van der Waals surface area contributed by atoms with E-state index in [2.05, 4.69) is 52.9 Å². The Labute approximate surface area is 167 Å². The minimum atomic E-state index is -0.0464. The van der Waals surface area contributed by atoms with E-state index in [9.17, 15) is 4.79 Å². The second-order valence-corrected chi connectivity index (χ2v) is 8.53. The van der Waals surface area contributed by atoms with Crippen molar-refractivity contribution in [2.24, 2.45) is 0 Å². The van der Waals surface area contributed by atoms with E-state index < -0.39 is 0 Å². The molecule has 7 heteroatoms. The molecule has 0 radical (unpaired) electrons. The topological polar surface area (TPSA) is 66.9 Å². The maximum atomic E-state index is 12.2. The van der Waals surface area contributed by atoms with Crippen LogP contribution in [-0.2, 0) is 11.3 Å². The lowest BCUT2D eigenvalue weighted by Crippen LogP contribution is -2.14. The molecule has 2 aromatic carbocycles. The second kappa shape index (κ2) is 9.53. The quantitative estimate of drug-likeness (QED) is 0.523. The Balaban J connectivity index is 1.46. The van der Waals surface area contributed by atoms with E-state index in [1.165, 1.54) is 34.2 Å². The summed E-state index contributed by atoms with van der Waals surface area (Å²) in [6.07, 6.45) is 0. The summed E-state index contributed by atoms with van der Waals surface area (Å²) < 4.78 is 0.775. The van der Waals surface area contributed by atoms with Gasteiger partial charge in [-0.25, -0.2) is 0 Å². The fraction of sp³-hybridized carbons (Fsp3) is 0.250. The Morgan fingerprint density at radius 3 is 2.70 bits per heavy atom. The minimum absolute atomic E-state index is 0.0464. The molecule has 0 aliphatic rings. The van der Waals surface area contributed by atoms with E-state index in [-0.39, 0.29) is 5.91 Å². The number of amides is 1. The lowest BCUT2D eigenvalue weighted by Gasteiger charge is -2.09. The molecule has 0 fully saturated rings. The summed E-state index contributed by atoms with van der Waals surface area (Å²) in [6, 6.07) is 18.1. The van der Waals surface area contributed by atoms with Gasteiger partial charge in [-0.15, -0.1) is 10.2 Å². The van der Waals surface area contributed by atoms with Crippen LogP contribution in [0.2, 0.25) is 0 Å². The van der Waals surface area contributed by atoms with Gasteiger partial charge in [0.15, 0.2) is 4.34 Å². The lowest BCUT2D eigenvalue weighted by atomic mass is 10.0. The highest BCUT2D eigenvalue weighted by atomic mass is 32.2. The molecule has 0 unspecified atom stereocenters. The molecule has 0 aliphatic carbocycles. The summed E-state index contributed by atoms with van der Waals surface area (Å²) in [7, 11) is 0. The molecule has 1 aromatic heterocycles. The van der Waals surface area contributed by atoms with Crippen LogP contribution < -0.4 is 10.6 Å². The standard InChI is InChI=1S/C20H22N4OS2/c1-14(2)16-9-6-10-17(11-16)22-18(25)13-26-20-24-23-19(27-20)21-12-15-7-4-3-5-8-15/h3-11,14H,12-13H2,1-2H3,(H,21,23)(H,22,25). The zero-order chi connectivity index (χ0) is 19.1. The summed E-state index contributed by atoms with van der Waals surface area (Å²) in [4.78, 5) is 12.2. The van der Waals surface area contributed by atoms with Crippen LogP contribution >= 0.6 is 23.1 Å². The molecule has 3 aromatic rings. The third kappa shape index (κ3) is 6.08. The molecule has 27 heavy (non-hydrogen) atoms. The van der Waals surface area contributed by atoms with E-state index in [0.717, 1.165) is 15.2 Å². The van der Waals surface area contributed by atoms with E-state index in [4.69, 9.17) is 0 Å². The Hall–Kier alpha value is -2.38. The van der Waals surface area contributed by atoms with Gasteiger partial charge in [0, 0.05) is 12.2 Å². The number of nitrogens with zero attached hydrogens (tertiary/aromatic N) is 2. The fourth-order valence-corrected chi connectivity index (χ4v) is 3.96. The molecule has 0 spiro atoms. The number of aromatic nitrogens is 2. The SMILES string of the molecule is CC(C)c1cccc(NC(=O)CSc2nnc(NCc3ccccc3)s2)c1. The molecule has 0 aliphatic heterocycles. The van der Waals surface area contributed by atoms with Gasteiger partial charge in [-0.05, 0) is 29.2 Å². The highest BCUT2D eigenvalue weighted by Gasteiger charge is 2.09. The molecule has 0 atom stereocenters. The molecule has 2 N–H and O–H groups in total. The molecule has 0 saturated heterocycles. The van der Waals surface area contributed by atoms with Crippen molar-refractivity contribution >= 4 is 39.8 Å². The predicted octanol–water partition coefficient (Wildman–Crippen LogP) is 5.00. The Morgan fingerprint density at radius 1 is 1.11 bits per heavy atom. The smallest absolute Gasteiger partial charge is 0.234 e. The number of benzene rings is 2. The number of carbonyl (C=O) groups is 1. The van der Waals surface area contributed by atoms with Crippen LogP contribution in [0.1, 0.15) is 30.9 Å². The first-order valence-electron chi connectivity index (χ1n) is 8.74. The van der Waals surface area contributed by atoms with Gasteiger partial charge in [0.2, 0.25) is 11.0 Å². The number of hydrogen-bond acceptors (Lipinski definition) is 6. The molecular formula is C20H22N4OS2. The van der Waals surface area contributed by atoms with E-state index in [1.807, 2.05) is 36.4 Å². The number of nitrogens with one attached hydrogen (secondary N) is 2. The Kier molecular flexibility index (Phi) is 6.84. The van der Waals surface area contributed by atoms with E-state index in [1.54, 1.807) is 0 Å². The first kappa shape index (κ1) is 19.4. The molecular weight excluding hydrogens is 376 g/mol. The molecule has 0 bridgehead atoms. The lowest BCUT2D eigenvalue weighted by molar-refractivity contribution is -0.113. The van der Waals surface area contributed by atoms with Crippen LogP contribution in [0.4, 0.5) is 10.8 Å². The third-order valence-corrected chi connectivity index (χ3v) is 5.87. The maximum Gasteiger partial charge on any atom is 0.234 e. The Morgan fingerprint density at radius 2 is 1.93 bits per heavy atom. The van der Waals surface area contributed by atoms with Crippen molar-refractivity contribution in [3.05, 3.63) is 65.7 Å². The van der Waals surface area contributed by atoms with E-state index >= 15 is 0 Å². The first-order chi connectivity index (χ1) is 13.1. The van der Waals surface area contributed by atoms with Gasteiger partial charge in [0.25, 0.3) is 0 Å².